The average Bonchev–Trinajstić information content (AvgIpc) is 3.08. The van der Waals surface area contributed by atoms with E-state index in [2.05, 4.69) is 15.5 Å². The number of nitrogens with one attached hydrogen (secondary N) is 1. The Bertz CT molecular complexity index is 1030. The minimum absolute atomic E-state index is 0.0601. The van der Waals surface area contributed by atoms with Crippen molar-refractivity contribution in [2.24, 2.45) is 7.05 Å². The molecule has 1 N–H and O–H groups in total. The molecule has 0 aliphatic heterocycles. The van der Waals surface area contributed by atoms with Crippen LogP contribution in [0, 0.1) is 0 Å². The Labute approximate surface area is 188 Å². The van der Waals surface area contributed by atoms with Gasteiger partial charge >= 0.3 is 0 Å². The lowest BCUT2D eigenvalue weighted by molar-refractivity contribution is -0.115. The molecule has 0 saturated carbocycles. The SMILES string of the molecule is COc1ccccc1OCCSc1nnc(CC(=O)Nc2cccc(Cl)c2Cl)n1C. The van der Waals surface area contributed by atoms with Crippen LogP contribution in [0.4, 0.5) is 5.69 Å². The first-order chi connectivity index (χ1) is 14.5. The smallest absolute Gasteiger partial charge is 0.232 e. The standard InChI is InChI=1S/C20H20Cl2N4O3S/c1-26-17(12-18(27)23-14-7-5-6-13(21)19(14)22)24-25-20(26)30-11-10-29-16-9-4-3-8-15(16)28-2/h3-9H,10-12H2,1-2H3,(H,23,27). The number of halogens is 2. The van der Waals surface area contributed by atoms with Crippen LogP contribution >= 0.6 is 35.0 Å². The van der Waals surface area contributed by atoms with Gasteiger partial charge in [0.25, 0.3) is 0 Å². The summed E-state index contributed by atoms with van der Waals surface area (Å²) in [5, 5.41) is 12.4. The molecular weight excluding hydrogens is 447 g/mol. The Morgan fingerprint density at radius 1 is 1.13 bits per heavy atom. The third-order valence-electron chi connectivity index (χ3n) is 4.11. The number of nitrogens with zero attached hydrogens (tertiary/aromatic N) is 3. The summed E-state index contributed by atoms with van der Waals surface area (Å²) in [7, 11) is 3.42. The first-order valence-electron chi connectivity index (χ1n) is 9.00. The van der Waals surface area contributed by atoms with Crippen molar-refractivity contribution < 1.29 is 14.3 Å². The molecule has 2 aromatic carbocycles. The van der Waals surface area contributed by atoms with Gasteiger partial charge < -0.3 is 19.4 Å². The second kappa shape index (κ2) is 10.6. The maximum Gasteiger partial charge on any atom is 0.232 e. The molecule has 1 heterocycles. The van der Waals surface area contributed by atoms with Crippen molar-refractivity contribution in [3.05, 3.63) is 58.3 Å². The number of aromatic nitrogens is 3. The van der Waals surface area contributed by atoms with Crippen molar-refractivity contribution in [2.45, 2.75) is 11.6 Å². The van der Waals surface area contributed by atoms with Gasteiger partial charge in [0, 0.05) is 12.8 Å². The molecule has 7 nitrogen and oxygen atoms in total. The first kappa shape index (κ1) is 22.3. The number of para-hydroxylation sites is 2. The topological polar surface area (TPSA) is 78.3 Å². The maximum absolute atomic E-state index is 12.4. The van der Waals surface area contributed by atoms with Crippen molar-refractivity contribution >= 4 is 46.6 Å². The number of hydrogen-bond acceptors (Lipinski definition) is 6. The summed E-state index contributed by atoms with van der Waals surface area (Å²) >= 11 is 13.6. The van der Waals surface area contributed by atoms with E-state index >= 15 is 0 Å². The highest BCUT2D eigenvalue weighted by atomic mass is 35.5. The number of thioether (sulfide) groups is 1. The van der Waals surface area contributed by atoms with E-state index in [-0.39, 0.29) is 12.3 Å². The van der Waals surface area contributed by atoms with Crippen molar-refractivity contribution in [1.29, 1.82) is 0 Å². The van der Waals surface area contributed by atoms with Gasteiger partial charge in [-0.05, 0) is 24.3 Å². The van der Waals surface area contributed by atoms with Gasteiger partial charge in [0.05, 0.1) is 35.9 Å². The van der Waals surface area contributed by atoms with Gasteiger partial charge in [0.1, 0.15) is 5.82 Å². The van der Waals surface area contributed by atoms with E-state index in [9.17, 15) is 4.79 Å². The summed E-state index contributed by atoms with van der Waals surface area (Å²) in [5.41, 5.74) is 0.458. The van der Waals surface area contributed by atoms with Crippen LogP contribution in [-0.2, 0) is 18.3 Å². The van der Waals surface area contributed by atoms with Gasteiger partial charge in [-0.3, -0.25) is 4.79 Å². The highest BCUT2D eigenvalue weighted by Crippen LogP contribution is 2.29. The molecule has 0 spiro atoms. The fourth-order valence-corrected chi connectivity index (χ4v) is 3.68. The fourth-order valence-electron chi connectivity index (χ4n) is 2.59. The molecule has 158 valence electrons. The average molecular weight is 467 g/mol. The molecule has 0 aliphatic rings. The molecule has 10 heteroatoms. The van der Waals surface area contributed by atoms with E-state index in [1.165, 1.54) is 11.8 Å². The number of hydrogen-bond donors (Lipinski definition) is 1. The van der Waals surface area contributed by atoms with E-state index in [0.717, 1.165) is 0 Å². The molecule has 0 bridgehead atoms. The number of anilines is 1. The van der Waals surface area contributed by atoms with Crippen LogP contribution in [0.3, 0.4) is 0 Å². The molecule has 3 aromatic rings. The quantitative estimate of drug-likeness (QED) is 0.369. The predicted molar refractivity (Wildman–Crippen MR) is 119 cm³/mol. The van der Waals surface area contributed by atoms with Gasteiger partial charge in [-0.1, -0.05) is 53.2 Å². The third-order valence-corrected chi connectivity index (χ3v) is 5.91. The van der Waals surface area contributed by atoms with Gasteiger partial charge in [-0.25, -0.2) is 0 Å². The molecule has 0 aliphatic carbocycles. The number of carbonyl (C=O) groups excluding carboxylic acids is 1. The Kier molecular flexibility index (Phi) is 7.84. The van der Waals surface area contributed by atoms with Crippen LogP contribution in [0.5, 0.6) is 11.5 Å². The number of ether oxygens (including phenoxy) is 2. The summed E-state index contributed by atoms with van der Waals surface area (Å²) in [4.78, 5) is 12.4. The minimum Gasteiger partial charge on any atom is -0.493 e. The molecule has 30 heavy (non-hydrogen) atoms. The molecule has 0 saturated heterocycles. The normalized spacial score (nSPS) is 10.7. The largest absolute Gasteiger partial charge is 0.493 e. The summed E-state index contributed by atoms with van der Waals surface area (Å²) in [5.74, 6) is 2.32. The molecular formula is C20H20Cl2N4O3S. The number of amides is 1. The molecule has 1 aromatic heterocycles. The van der Waals surface area contributed by atoms with Crippen molar-refractivity contribution in [3.63, 3.8) is 0 Å². The molecule has 0 radical (unpaired) electrons. The molecule has 0 atom stereocenters. The number of methoxy groups -OCH3 is 1. The molecule has 0 fully saturated rings. The molecule has 3 rings (SSSR count). The van der Waals surface area contributed by atoms with Crippen molar-refractivity contribution in [1.82, 2.24) is 14.8 Å². The zero-order chi connectivity index (χ0) is 21.5. The van der Waals surface area contributed by atoms with Crippen molar-refractivity contribution in [3.8, 4) is 11.5 Å². The Hall–Kier alpha value is -2.42. The monoisotopic (exact) mass is 466 g/mol. The third kappa shape index (κ3) is 5.59. The summed E-state index contributed by atoms with van der Waals surface area (Å²) in [6.07, 6.45) is 0.0601. The lowest BCUT2D eigenvalue weighted by Crippen LogP contribution is -2.17. The lowest BCUT2D eigenvalue weighted by atomic mass is 10.3. The lowest BCUT2D eigenvalue weighted by Gasteiger charge is -2.10. The van der Waals surface area contributed by atoms with E-state index < -0.39 is 0 Å². The number of benzene rings is 2. The van der Waals surface area contributed by atoms with Gasteiger partial charge in [-0.15, -0.1) is 10.2 Å². The Morgan fingerprint density at radius 2 is 1.90 bits per heavy atom. The highest BCUT2D eigenvalue weighted by molar-refractivity contribution is 7.99. The summed E-state index contributed by atoms with van der Waals surface area (Å²) < 4.78 is 12.8. The van der Waals surface area contributed by atoms with Crippen LogP contribution in [0.15, 0.2) is 47.6 Å². The van der Waals surface area contributed by atoms with E-state index in [1.54, 1.807) is 29.9 Å². The van der Waals surface area contributed by atoms with Crippen LogP contribution in [0.2, 0.25) is 10.0 Å². The zero-order valence-corrected chi connectivity index (χ0v) is 18.7. The Morgan fingerprint density at radius 3 is 2.67 bits per heavy atom. The predicted octanol–water partition coefficient (Wildman–Crippen LogP) is 4.48. The van der Waals surface area contributed by atoms with Crippen LogP contribution in [0.1, 0.15) is 5.82 Å². The van der Waals surface area contributed by atoms with Gasteiger partial charge in [-0.2, -0.15) is 0 Å². The van der Waals surface area contributed by atoms with Gasteiger partial charge in [0.15, 0.2) is 16.7 Å². The van der Waals surface area contributed by atoms with E-state index in [1.807, 2.05) is 31.3 Å². The first-order valence-corrected chi connectivity index (χ1v) is 10.7. The van der Waals surface area contributed by atoms with Crippen molar-refractivity contribution in [2.75, 3.05) is 24.8 Å². The second-order valence-electron chi connectivity index (χ2n) is 6.13. The second-order valence-corrected chi connectivity index (χ2v) is 7.98. The zero-order valence-electron chi connectivity index (χ0n) is 16.4. The van der Waals surface area contributed by atoms with E-state index in [4.69, 9.17) is 32.7 Å². The fraction of sp³-hybridized carbons (Fsp3) is 0.250. The summed E-state index contributed by atoms with van der Waals surface area (Å²) in [6.45, 7) is 0.473. The van der Waals surface area contributed by atoms with Gasteiger partial charge in [0.2, 0.25) is 5.91 Å². The highest BCUT2D eigenvalue weighted by Gasteiger charge is 2.15. The van der Waals surface area contributed by atoms with Crippen LogP contribution in [0.25, 0.3) is 0 Å². The molecule has 1 amide bonds. The van der Waals surface area contributed by atoms with Crippen LogP contribution < -0.4 is 14.8 Å². The minimum atomic E-state index is -0.259. The van der Waals surface area contributed by atoms with Crippen LogP contribution in [-0.4, -0.2) is 40.1 Å². The number of rotatable bonds is 9. The van der Waals surface area contributed by atoms with E-state index in [0.29, 0.717) is 50.6 Å². The molecule has 0 unspecified atom stereocenters. The number of carbonyl (C=O) groups is 1. The summed E-state index contributed by atoms with van der Waals surface area (Å²) in [6, 6.07) is 12.5. The maximum atomic E-state index is 12.4. The Balaban J connectivity index is 1.51.